The summed E-state index contributed by atoms with van der Waals surface area (Å²) in [5, 5.41) is 6.61. The summed E-state index contributed by atoms with van der Waals surface area (Å²) in [5.41, 5.74) is 2.21. The highest BCUT2D eigenvalue weighted by atomic mass is 15.1. The summed E-state index contributed by atoms with van der Waals surface area (Å²) in [6, 6.07) is 10.1. The number of hydrogen-bond donors (Lipinski definition) is 2. The summed E-state index contributed by atoms with van der Waals surface area (Å²) in [5.74, 6) is 1.47. The molecule has 0 fully saturated rings. The third-order valence-corrected chi connectivity index (χ3v) is 3.78. The predicted octanol–water partition coefficient (Wildman–Crippen LogP) is 3.20. The first-order chi connectivity index (χ1) is 11.3. The van der Waals surface area contributed by atoms with Crippen LogP contribution in [0.25, 0.3) is 0 Å². The van der Waals surface area contributed by atoms with E-state index in [1.807, 2.05) is 18.2 Å². The van der Waals surface area contributed by atoms with Crippen LogP contribution in [0.4, 0.5) is 17.5 Å². The van der Waals surface area contributed by atoms with E-state index in [0.717, 1.165) is 44.1 Å². The number of aryl methyl sites for hydroxylation is 1. The second-order valence-electron chi connectivity index (χ2n) is 5.77. The van der Waals surface area contributed by atoms with Crippen molar-refractivity contribution in [1.82, 2.24) is 14.9 Å². The van der Waals surface area contributed by atoms with Crippen molar-refractivity contribution < 1.29 is 0 Å². The van der Waals surface area contributed by atoms with Crippen LogP contribution in [0, 0.1) is 6.92 Å². The molecule has 0 bridgehead atoms. The topological polar surface area (TPSA) is 53.1 Å². The maximum atomic E-state index is 4.51. The molecule has 2 heterocycles. The molecule has 1 aromatic carbocycles. The molecule has 0 atom stereocenters. The summed E-state index contributed by atoms with van der Waals surface area (Å²) in [6.45, 7) is 6.26. The van der Waals surface area contributed by atoms with Crippen LogP contribution in [0.1, 0.15) is 12.0 Å². The fourth-order valence-corrected chi connectivity index (χ4v) is 2.59. The molecule has 0 spiro atoms. The molecule has 0 saturated carbocycles. The Morgan fingerprint density at radius 2 is 2.04 bits per heavy atom. The average Bonchev–Trinajstić information content (AvgIpc) is 3.05. The Morgan fingerprint density at radius 3 is 2.87 bits per heavy atom. The van der Waals surface area contributed by atoms with Crippen LogP contribution >= 0.6 is 0 Å². The third kappa shape index (κ3) is 4.79. The lowest BCUT2D eigenvalue weighted by molar-refractivity contribution is 0.351. The maximum absolute atomic E-state index is 4.51. The monoisotopic (exact) mass is 309 g/mol. The first kappa shape index (κ1) is 15.5. The molecule has 5 nitrogen and oxygen atoms in total. The van der Waals surface area contributed by atoms with Gasteiger partial charge in [0.25, 0.3) is 0 Å². The van der Waals surface area contributed by atoms with Gasteiger partial charge in [-0.2, -0.15) is 4.98 Å². The Morgan fingerprint density at radius 1 is 1.17 bits per heavy atom. The van der Waals surface area contributed by atoms with Crippen LogP contribution in [0.3, 0.4) is 0 Å². The highest BCUT2D eigenvalue weighted by Crippen LogP contribution is 2.15. The van der Waals surface area contributed by atoms with Crippen molar-refractivity contribution in [3.63, 3.8) is 0 Å². The van der Waals surface area contributed by atoms with Crippen LogP contribution in [0.5, 0.6) is 0 Å². The van der Waals surface area contributed by atoms with Gasteiger partial charge in [-0.25, -0.2) is 4.98 Å². The molecule has 0 saturated heterocycles. The number of rotatable bonds is 7. The number of benzene rings is 1. The quantitative estimate of drug-likeness (QED) is 0.607. The molecule has 0 unspecified atom stereocenters. The molecule has 1 aromatic heterocycles. The highest BCUT2D eigenvalue weighted by Gasteiger charge is 2.05. The van der Waals surface area contributed by atoms with Gasteiger partial charge < -0.3 is 10.6 Å². The van der Waals surface area contributed by atoms with E-state index in [2.05, 4.69) is 56.7 Å². The molecular weight excluding hydrogens is 286 g/mol. The van der Waals surface area contributed by atoms with E-state index >= 15 is 0 Å². The van der Waals surface area contributed by atoms with Gasteiger partial charge in [-0.05, 0) is 37.1 Å². The second-order valence-corrected chi connectivity index (χ2v) is 5.77. The third-order valence-electron chi connectivity index (χ3n) is 3.78. The lowest BCUT2D eigenvalue weighted by Crippen LogP contribution is -2.23. The van der Waals surface area contributed by atoms with E-state index in [1.165, 1.54) is 5.56 Å². The maximum Gasteiger partial charge on any atom is 0.229 e. The molecule has 23 heavy (non-hydrogen) atoms. The average molecular weight is 309 g/mol. The van der Waals surface area contributed by atoms with Gasteiger partial charge in [0, 0.05) is 38.1 Å². The van der Waals surface area contributed by atoms with Crippen molar-refractivity contribution in [3.8, 4) is 0 Å². The van der Waals surface area contributed by atoms with Gasteiger partial charge in [-0.3, -0.25) is 4.90 Å². The molecule has 0 aliphatic carbocycles. The zero-order valence-electron chi connectivity index (χ0n) is 13.5. The van der Waals surface area contributed by atoms with Crippen LogP contribution in [-0.2, 0) is 0 Å². The number of nitrogens with zero attached hydrogens (tertiary/aromatic N) is 3. The van der Waals surface area contributed by atoms with E-state index in [0.29, 0.717) is 5.95 Å². The summed E-state index contributed by atoms with van der Waals surface area (Å²) < 4.78 is 0. The predicted molar refractivity (Wildman–Crippen MR) is 95.2 cm³/mol. The van der Waals surface area contributed by atoms with Crippen molar-refractivity contribution in [3.05, 3.63) is 54.2 Å². The van der Waals surface area contributed by atoms with Gasteiger partial charge in [0.2, 0.25) is 5.95 Å². The molecule has 5 heteroatoms. The smallest absolute Gasteiger partial charge is 0.229 e. The first-order valence-corrected chi connectivity index (χ1v) is 8.07. The fourth-order valence-electron chi connectivity index (χ4n) is 2.59. The number of anilines is 3. The number of aromatic nitrogens is 2. The lowest BCUT2D eigenvalue weighted by atomic mass is 10.2. The van der Waals surface area contributed by atoms with Crippen LogP contribution in [0.2, 0.25) is 0 Å². The van der Waals surface area contributed by atoms with Gasteiger partial charge >= 0.3 is 0 Å². The van der Waals surface area contributed by atoms with Crippen molar-refractivity contribution in [1.29, 1.82) is 0 Å². The number of hydrogen-bond acceptors (Lipinski definition) is 5. The van der Waals surface area contributed by atoms with E-state index in [4.69, 9.17) is 0 Å². The Labute approximate surface area is 137 Å². The zero-order chi connectivity index (χ0) is 15.9. The van der Waals surface area contributed by atoms with Crippen LogP contribution in [-0.4, -0.2) is 41.0 Å². The minimum absolute atomic E-state index is 0.615. The molecule has 2 N–H and O–H groups in total. The molecule has 1 aliphatic rings. The van der Waals surface area contributed by atoms with Crippen molar-refractivity contribution in [2.24, 2.45) is 0 Å². The zero-order valence-corrected chi connectivity index (χ0v) is 13.5. The summed E-state index contributed by atoms with van der Waals surface area (Å²) in [7, 11) is 0. The van der Waals surface area contributed by atoms with Gasteiger partial charge in [-0.15, -0.1) is 0 Å². The van der Waals surface area contributed by atoms with E-state index in [1.54, 1.807) is 6.20 Å². The van der Waals surface area contributed by atoms with Crippen molar-refractivity contribution in [2.75, 3.05) is 36.8 Å². The largest absolute Gasteiger partial charge is 0.370 e. The lowest BCUT2D eigenvalue weighted by Gasteiger charge is -2.14. The molecule has 0 radical (unpaired) electrons. The van der Waals surface area contributed by atoms with E-state index < -0.39 is 0 Å². The standard InChI is InChI=1S/C18H23N5/c1-15-6-4-7-16(14-15)21-18-20-10-8-17(22-18)19-9-5-13-23-11-2-3-12-23/h2-4,6-8,10,14H,5,9,11-13H2,1H3,(H2,19,20,21,22). The Hall–Kier alpha value is -2.40. The number of nitrogens with one attached hydrogen (secondary N) is 2. The summed E-state index contributed by atoms with van der Waals surface area (Å²) >= 11 is 0. The van der Waals surface area contributed by atoms with Gasteiger partial charge in [-0.1, -0.05) is 24.3 Å². The molecule has 0 amide bonds. The van der Waals surface area contributed by atoms with Crippen molar-refractivity contribution >= 4 is 17.5 Å². The minimum Gasteiger partial charge on any atom is -0.370 e. The molecule has 3 rings (SSSR count). The first-order valence-electron chi connectivity index (χ1n) is 8.07. The van der Waals surface area contributed by atoms with Crippen molar-refractivity contribution in [2.45, 2.75) is 13.3 Å². The van der Waals surface area contributed by atoms with Gasteiger partial charge in [0.05, 0.1) is 0 Å². The Bertz CT molecular complexity index is 660. The minimum atomic E-state index is 0.615. The van der Waals surface area contributed by atoms with Gasteiger partial charge in [0.15, 0.2) is 0 Å². The van der Waals surface area contributed by atoms with E-state index in [9.17, 15) is 0 Å². The Balaban J connectivity index is 1.48. The van der Waals surface area contributed by atoms with Crippen LogP contribution < -0.4 is 10.6 Å². The molecule has 2 aromatic rings. The second kappa shape index (κ2) is 7.74. The molecular formula is C18H23N5. The summed E-state index contributed by atoms with van der Waals surface area (Å²) in [6.07, 6.45) is 7.33. The summed E-state index contributed by atoms with van der Waals surface area (Å²) in [4.78, 5) is 11.2. The SMILES string of the molecule is Cc1cccc(Nc2nccc(NCCCN3CC=CC3)n2)c1. The van der Waals surface area contributed by atoms with Gasteiger partial charge in [0.1, 0.15) is 5.82 Å². The normalized spacial score (nSPS) is 14.1. The molecule has 120 valence electrons. The Kier molecular flexibility index (Phi) is 5.21. The molecule has 1 aliphatic heterocycles. The van der Waals surface area contributed by atoms with E-state index in [-0.39, 0.29) is 0 Å². The highest BCUT2D eigenvalue weighted by molar-refractivity contribution is 5.55. The van der Waals surface area contributed by atoms with Crippen LogP contribution in [0.15, 0.2) is 48.7 Å². The fraction of sp³-hybridized carbons (Fsp3) is 0.333.